The number of methoxy groups -OCH3 is 1. The van der Waals surface area contributed by atoms with Gasteiger partial charge in [0.15, 0.2) is 11.6 Å². The van der Waals surface area contributed by atoms with Crippen LogP contribution in [0, 0.1) is 11.7 Å². The smallest absolute Gasteiger partial charge is 0.166 e. The Bertz CT molecular complexity index is 570. The van der Waals surface area contributed by atoms with E-state index in [1.807, 2.05) is 7.11 Å². The van der Waals surface area contributed by atoms with Crippen LogP contribution in [0.1, 0.15) is 70.3 Å². The molecule has 1 aromatic carbocycles. The summed E-state index contributed by atoms with van der Waals surface area (Å²) in [5.74, 6) is 2.15. The van der Waals surface area contributed by atoms with E-state index in [1.54, 1.807) is 17.8 Å². The first-order chi connectivity index (χ1) is 12.7. The third-order valence-electron chi connectivity index (χ3n) is 5.86. The summed E-state index contributed by atoms with van der Waals surface area (Å²) >= 11 is 1.80. The normalized spacial score (nSPS) is 25.6. The average molecular weight is 381 g/mol. The number of halogens is 1. The lowest BCUT2D eigenvalue weighted by Crippen LogP contribution is -2.23. The Hall–Kier alpha value is -0.740. The first kappa shape index (κ1) is 20.0. The van der Waals surface area contributed by atoms with Crippen molar-refractivity contribution in [3.63, 3.8) is 0 Å². The lowest BCUT2D eigenvalue weighted by molar-refractivity contribution is 0.0599. The number of fused-ring (bicyclic) bond motifs is 1. The van der Waals surface area contributed by atoms with E-state index in [1.165, 1.54) is 32.1 Å². The number of aryl methyl sites for hydroxylation is 1. The van der Waals surface area contributed by atoms with Crippen LogP contribution < -0.4 is 4.74 Å². The molecule has 1 aliphatic heterocycles. The Morgan fingerprint density at radius 2 is 1.96 bits per heavy atom. The summed E-state index contributed by atoms with van der Waals surface area (Å²) < 4.78 is 26.0. The average Bonchev–Trinajstić information content (AvgIpc) is 2.67. The van der Waals surface area contributed by atoms with Gasteiger partial charge in [0.1, 0.15) is 0 Å². The van der Waals surface area contributed by atoms with Gasteiger partial charge in [0.2, 0.25) is 0 Å². The Morgan fingerprint density at radius 3 is 2.69 bits per heavy atom. The second-order valence-corrected chi connectivity index (χ2v) is 8.95. The molecule has 1 atom stereocenters. The van der Waals surface area contributed by atoms with Crippen LogP contribution in [0.5, 0.6) is 5.75 Å². The standard InChI is InChI=1S/C22H33FO2S/c1-3-4-5-6-19-12-9-17-13-20(14-21(23)22(17)25-19)26-15-16-7-10-18(24-2)11-8-16/h13-14,16,18-19H,3-12,15H2,1-2H3. The Labute approximate surface area is 162 Å². The van der Waals surface area contributed by atoms with Crippen LogP contribution in [-0.4, -0.2) is 25.1 Å². The van der Waals surface area contributed by atoms with E-state index in [9.17, 15) is 4.39 Å². The molecule has 1 unspecified atom stereocenters. The van der Waals surface area contributed by atoms with Crippen LogP contribution in [-0.2, 0) is 11.2 Å². The minimum Gasteiger partial charge on any atom is -0.487 e. The second kappa shape index (κ2) is 9.98. The first-order valence-electron chi connectivity index (χ1n) is 10.3. The van der Waals surface area contributed by atoms with Gasteiger partial charge in [-0.05, 0) is 75.0 Å². The van der Waals surface area contributed by atoms with Gasteiger partial charge in [-0.2, -0.15) is 0 Å². The Balaban J connectivity index is 1.52. The fourth-order valence-corrected chi connectivity index (χ4v) is 5.31. The highest BCUT2D eigenvalue weighted by Crippen LogP contribution is 2.37. The van der Waals surface area contributed by atoms with Crippen molar-refractivity contribution in [2.45, 2.75) is 88.2 Å². The van der Waals surface area contributed by atoms with Crippen molar-refractivity contribution in [3.05, 3.63) is 23.5 Å². The van der Waals surface area contributed by atoms with Crippen molar-refractivity contribution >= 4 is 11.8 Å². The first-order valence-corrected chi connectivity index (χ1v) is 11.3. The van der Waals surface area contributed by atoms with Crippen LogP contribution in [0.25, 0.3) is 0 Å². The molecular weight excluding hydrogens is 347 g/mol. The van der Waals surface area contributed by atoms with Crippen LogP contribution in [0.3, 0.4) is 0 Å². The number of rotatable bonds is 8. The van der Waals surface area contributed by atoms with Crippen LogP contribution in [0.15, 0.2) is 17.0 Å². The molecule has 1 fully saturated rings. The largest absolute Gasteiger partial charge is 0.487 e. The Morgan fingerprint density at radius 1 is 1.15 bits per heavy atom. The molecule has 0 N–H and O–H groups in total. The molecule has 0 spiro atoms. The van der Waals surface area contributed by atoms with Gasteiger partial charge >= 0.3 is 0 Å². The predicted octanol–water partition coefficient (Wildman–Crippen LogP) is 6.40. The lowest BCUT2D eigenvalue weighted by atomic mass is 9.89. The van der Waals surface area contributed by atoms with Gasteiger partial charge in [-0.15, -0.1) is 11.8 Å². The number of hydrogen-bond donors (Lipinski definition) is 0. The van der Waals surface area contributed by atoms with Crippen molar-refractivity contribution in [2.24, 2.45) is 5.92 Å². The topological polar surface area (TPSA) is 18.5 Å². The number of ether oxygens (including phenoxy) is 2. The molecule has 1 saturated carbocycles. The highest BCUT2D eigenvalue weighted by Gasteiger charge is 2.24. The molecule has 4 heteroatoms. The second-order valence-electron chi connectivity index (χ2n) is 7.86. The fraction of sp³-hybridized carbons (Fsp3) is 0.727. The molecule has 2 nitrogen and oxygen atoms in total. The van der Waals surface area contributed by atoms with Gasteiger partial charge < -0.3 is 9.47 Å². The molecule has 0 bridgehead atoms. The molecule has 3 rings (SSSR count). The van der Waals surface area contributed by atoms with Gasteiger partial charge in [0.25, 0.3) is 0 Å². The third kappa shape index (κ3) is 5.39. The zero-order valence-electron chi connectivity index (χ0n) is 16.3. The van der Waals surface area contributed by atoms with E-state index < -0.39 is 0 Å². The molecule has 146 valence electrons. The maximum absolute atomic E-state index is 14.6. The molecule has 1 aromatic rings. The van der Waals surface area contributed by atoms with Crippen molar-refractivity contribution in [3.8, 4) is 5.75 Å². The predicted molar refractivity (Wildman–Crippen MR) is 107 cm³/mol. The zero-order valence-corrected chi connectivity index (χ0v) is 17.1. The van der Waals surface area contributed by atoms with Crippen molar-refractivity contribution in [1.82, 2.24) is 0 Å². The van der Waals surface area contributed by atoms with Crippen molar-refractivity contribution in [1.29, 1.82) is 0 Å². The van der Waals surface area contributed by atoms with Crippen molar-refractivity contribution < 1.29 is 13.9 Å². The molecule has 1 heterocycles. The quantitative estimate of drug-likeness (QED) is 0.384. The van der Waals surface area contributed by atoms with Gasteiger partial charge in [-0.3, -0.25) is 0 Å². The van der Waals surface area contributed by atoms with Crippen molar-refractivity contribution in [2.75, 3.05) is 12.9 Å². The minimum absolute atomic E-state index is 0.173. The molecule has 0 aromatic heterocycles. The summed E-state index contributed by atoms with van der Waals surface area (Å²) in [4.78, 5) is 1.06. The Kier molecular flexibility index (Phi) is 7.68. The SMILES string of the molecule is CCCCCC1CCc2cc(SCC3CCC(OC)CC3)cc(F)c2O1. The van der Waals surface area contributed by atoms with Crippen LogP contribution >= 0.6 is 11.8 Å². The number of hydrogen-bond acceptors (Lipinski definition) is 3. The van der Waals surface area contributed by atoms with Crippen LogP contribution in [0.2, 0.25) is 0 Å². The monoisotopic (exact) mass is 380 g/mol. The van der Waals surface area contributed by atoms with Gasteiger partial charge in [-0.1, -0.05) is 19.8 Å². The molecule has 2 aliphatic rings. The van der Waals surface area contributed by atoms with Gasteiger partial charge in [-0.25, -0.2) is 4.39 Å². The fourth-order valence-electron chi connectivity index (χ4n) is 4.14. The van der Waals surface area contributed by atoms with E-state index in [0.29, 0.717) is 11.9 Å². The van der Waals surface area contributed by atoms with E-state index in [2.05, 4.69) is 13.0 Å². The molecule has 0 radical (unpaired) electrons. The van der Waals surface area contributed by atoms with Gasteiger partial charge in [0.05, 0.1) is 12.2 Å². The highest BCUT2D eigenvalue weighted by atomic mass is 32.2. The summed E-state index contributed by atoms with van der Waals surface area (Å²) in [6.45, 7) is 2.21. The maximum Gasteiger partial charge on any atom is 0.166 e. The van der Waals surface area contributed by atoms with E-state index in [4.69, 9.17) is 9.47 Å². The summed E-state index contributed by atoms with van der Waals surface area (Å²) in [7, 11) is 1.81. The van der Waals surface area contributed by atoms with Gasteiger partial charge in [0, 0.05) is 17.8 Å². The number of unbranched alkanes of at least 4 members (excludes halogenated alkanes) is 2. The summed E-state index contributed by atoms with van der Waals surface area (Å²) in [5, 5.41) is 0. The number of benzene rings is 1. The highest BCUT2D eigenvalue weighted by molar-refractivity contribution is 7.99. The maximum atomic E-state index is 14.6. The third-order valence-corrected chi connectivity index (χ3v) is 7.06. The summed E-state index contributed by atoms with van der Waals surface area (Å²) in [6, 6.07) is 3.84. The van der Waals surface area contributed by atoms with Crippen LogP contribution in [0.4, 0.5) is 4.39 Å². The summed E-state index contributed by atoms with van der Waals surface area (Å²) in [5.41, 5.74) is 1.06. The molecule has 0 amide bonds. The number of thioether (sulfide) groups is 1. The summed E-state index contributed by atoms with van der Waals surface area (Å²) in [6.07, 6.45) is 12.0. The van der Waals surface area contributed by atoms with E-state index in [-0.39, 0.29) is 11.9 Å². The molecular formula is C22H33FO2S. The van der Waals surface area contributed by atoms with E-state index in [0.717, 1.165) is 54.2 Å². The molecule has 0 saturated heterocycles. The minimum atomic E-state index is -0.173. The lowest BCUT2D eigenvalue weighted by Gasteiger charge is -2.28. The van der Waals surface area contributed by atoms with E-state index >= 15 is 0 Å². The molecule has 1 aliphatic carbocycles. The molecule has 26 heavy (non-hydrogen) atoms. The zero-order chi connectivity index (χ0) is 18.4.